The molecule has 0 radical (unpaired) electrons. The lowest BCUT2D eigenvalue weighted by atomic mass is 9.70. The van der Waals surface area contributed by atoms with E-state index in [1.807, 2.05) is 0 Å². The Morgan fingerprint density at radius 2 is 1.07 bits per heavy atom. The van der Waals surface area contributed by atoms with E-state index >= 15 is 0 Å². The van der Waals surface area contributed by atoms with Gasteiger partial charge in [-0.1, -0.05) is 65.2 Å². The SMILES string of the molecule is CC1CCCCC1CC1CCCCC1C. The van der Waals surface area contributed by atoms with Gasteiger partial charge in [-0.3, -0.25) is 0 Å². The van der Waals surface area contributed by atoms with Crippen LogP contribution in [-0.2, 0) is 0 Å². The van der Waals surface area contributed by atoms with Crippen molar-refractivity contribution in [3.63, 3.8) is 0 Å². The van der Waals surface area contributed by atoms with Gasteiger partial charge in [-0.25, -0.2) is 0 Å². The third-order valence-corrected chi connectivity index (χ3v) is 5.18. The smallest absolute Gasteiger partial charge is 0.0386 e. The van der Waals surface area contributed by atoms with Gasteiger partial charge in [0.15, 0.2) is 0 Å². The van der Waals surface area contributed by atoms with Crippen LogP contribution in [0.3, 0.4) is 0 Å². The molecular weight excluding hydrogens is 180 g/mol. The molecule has 0 nitrogen and oxygen atoms in total. The number of rotatable bonds is 2. The second-order valence-electron chi connectivity index (χ2n) is 6.28. The maximum Gasteiger partial charge on any atom is -0.0386 e. The van der Waals surface area contributed by atoms with Crippen LogP contribution in [-0.4, -0.2) is 0 Å². The highest BCUT2D eigenvalue weighted by Gasteiger charge is 2.28. The van der Waals surface area contributed by atoms with E-state index in [1.165, 1.54) is 51.4 Å². The van der Waals surface area contributed by atoms with Gasteiger partial charge in [0, 0.05) is 0 Å². The molecular formula is C15H28. The Kier molecular flexibility index (Phi) is 4.11. The summed E-state index contributed by atoms with van der Waals surface area (Å²) >= 11 is 0. The van der Waals surface area contributed by atoms with Crippen LogP contribution in [0.15, 0.2) is 0 Å². The first kappa shape index (κ1) is 11.5. The lowest BCUT2D eigenvalue weighted by molar-refractivity contribution is 0.154. The van der Waals surface area contributed by atoms with Crippen molar-refractivity contribution in [2.24, 2.45) is 23.7 Å². The van der Waals surface area contributed by atoms with Crippen molar-refractivity contribution in [1.29, 1.82) is 0 Å². The summed E-state index contributed by atoms with van der Waals surface area (Å²) in [6.45, 7) is 4.99. The average molecular weight is 208 g/mol. The van der Waals surface area contributed by atoms with Crippen molar-refractivity contribution in [2.45, 2.75) is 71.6 Å². The molecule has 0 bridgehead atoms. The van der Waals surface area contributed by atoms with Crippen molar-refractivity contribution >= 4 is 0 Å². The van der Waals surface area contributed by atoms with Crippen LogP contribution in [0.25, 0.3) is 0 Å². The van der Waals surface area contributed by atoms with Crippen LogP contribution in [0.1, 0.15) is 71.6 Å². The molecule has 0 aromatic heterocycles. The first-order valence-corrected chi connectivity index (χ1v) is 7.27. The minimum Gasteiger partial charge on any atom is -0.0622 e. The van der Waals surface area contributed by atoms with Crippen LogP contribution in [0.4, 0.5) is 0 Å². The monoisotopic (exact) mass is 208 g/mol. The van der Waals surface area contributed by atoms with Crippen LogP contribution in [0.2, 0.25) is 0 Å². The van der Waals surface area contributed by atoms with Gasteiger partial charge in [-0.05, 0) is 30.1 Å². The summed E-state index contributed by atoms with van der Waals surface area (Å²) in [6, 6.07) is 0. The van der Waals surface area contributed by atoms with Crippen molar-refractivity contribution in [3.8, 4) is 0 Å². The molecule has 0 amide bonds. The van der Waals surface area contributed by atoms with E-state index in [0.717, 1.165) is 23.7 Å². The summed E-state index contributed by atoms with van der Waals surface area (Å²) in [5, 5.41) is 0. The molecule has 4 unspecified atom stereocenters. The fraction of sp³-hybridized carbons (Fsp3) is 1.00. The van der Waals surface area contributed by atoms with Crippen LogP contribution in [0, 0.1) is 23.7 Å². The molecule has 88 valence electrons. The lowest BCUT2D eigenvalue weighted by Crippen LogP contribution is -2.24. The Bertz CT molecular complexity index is 164. The summed E-state index contributed by atoms with van der Waals surface area (Å²) in [7, 11) is 0. The molecule has 0 spiro atoms. The molecule has 0 aromatic carbocycles. The first-order chi connectivity index (χ1) is 7.27. The van der Waals surface area contributed by atoms with E-state index in [9.17, 15) is 0 Å². The molecule has 0 saturated heterocycles. The van der Waals surface area contributed by atoms with Crippen LogP contribution < -0.4 is 0 Å². The molecule has 0 aliphatic heterocycles. The van der Waals surface area contributed by atoms with E-state index in [2.05, 4.69) is 13.8 Å². The lowest BCUT2D eigenvalue weighted by Gasteiger charge is -2.36. The molecule has 2 aliphatic carbocycles. The zero-order valence-electron chi connectivity index (χ0n) is 10.7. The summed E-state index contributed by atoms with van der Waals surface area (Å²) in [4.78, 5) is 0. The maximum absolute atomic E-state index is 2.50. The summed E-state index contributed by atoms with van der Waals surface area (Å²) in [5.41, 5.74) is 0. The highest BCUT2D eigenvalue weighted by atomic mass is 14.3. The van der Waals surface area contributed by atoms with Gasteiger partial charge in [0.25, 0.3) is 0 Å². The van der Waals surface area contributed by atoms with Crippen LogP contribution in [0.5, 0.6) is 0 Å². The number of hydrogen-bond donors (Lipinski definition) is 0. The normalized spacial score (nSPS) is 42.8. The highest BCUT2D eigenvalue weighted by molar-refractivity contribution is 4.79. The van der Waals surface area contributed by atoms with Gasteiger partial charge in [0.1, 0.15) is 0 Å². The maximum atomic E-state index is 2.50. The molecule has 2 rings (SSSR count). The highest BCUT2D eigenvalue weighted by Crippen LogP contribution is 2.40. The van der Waals surface area contributed by atoms with E-state index in [-0.39, 0.29) is 0 Å². The minimum absolute atomic E-state index is 1.02. The fourth-order valence-corrected chi connectivity index (χ4v) is 3.88. The molecule has 2 fully saturated rings. The molecule has 0 heterocycles. The predicted molar refractivity (Wildman–Crippen MR) is 66.9 cm³/mol. The second kappa shape index (κ2) is 5.37. The molecule has 0 aromatic rings. The molecule has 0 heteroatoms. The average Bonchev–Trinajstić information content (AvgIpc) is 2.24. The summed E-state index contributed by atoms with van der Waals surface area (Å²) < 4.78 is 0. The molecule has 0 N–H and O–H groups in total. The Balaban J connectivity index is 1.83. The Labute approximate surface area is 95.8 Å². The first-order valence-electron chi connectivity index (χ1n) is 7.27. The zero-order chi connectivity index (χ0) is 10.7. The third-order valence-electron chi connectivity index (χ3n) is 5.18. The van der Waals surface area contributed by atoms with Gasteiger partial charge < -0.3 is 0 Å². The molecule has 15 heavy (non-hydrogen) atoms. The predicted octanol–water partition coefficient (Wildman–Crippen LogP) is 5.03. The second-order valence-corrected chi connectivity index (χ2v) is 6.28. The van der Waals surface area contributed by atoms with Gasteiger partial charge in [-0.15, -0.1) is 0 Å². The summed E-state index contributed by atoms with van der Waals surface area (Å²) in [6.07, 6.45) is 13.6. The molecule has 2 aliphatic rings. The van der Waals surface area contributed by atoms with Gasteiger partial charge in [0.2, 0.25) is 0 Å². The molecule has 2 saturated carbocycles. The van der Waals surface area contributed by atoms with Crippen molar-refractivity contribution in [3.05, 3.63) is 0 Å². The van der Waals surface area contributed by atoms with Crippen molar-refractivity contribution < 1.29 is 0 Å². The van der Waals surface area contributed by atoms with E-state index in [0.29, 0.717) is 0 Å². The van der Waals surface area contributed by atoms with E-state index in [4.69, 9.17) is 0 Å². The topological polar surface area (TPSA) is 0 Å². The fourth-order valence-electron chi connectivity index (χ4n) is 3.88. The summed E-state index contributed by atoms with van der Waals surface area (Å²) in [5.74, 6) is 4.19. The molecule has 4 atom stereocenters. The Hall–Kier alpha value is 0. The van der Waals surface area contributed by atoms with Gasteiger partial charge in [-0.2, -0.15) is 0 Å². The van der Waals surface area contributed by atoms with E-state index < -0.39 is 0 Å². The third kappa shape index (κ3) is 2.98. The van der Waals surface area contributed by atoms with Crippen LogP contribution >= 0.6 is 0 Å². The van der Waals surface area contributed by atoms with Crippen molar-refractivity contribution in [1.82, 2.24) is 0 Å². The van der Waals surface area contributed by atoms with Gasteiger partial charge in [0.05, 0.1) is 0 Å². The quantitative estimate of drug-likeness (QED) is 0.597. The Morgan fingerprint density at radius 1 is 0.667 bits per heavy atom. The van der Waals surface area contributed by atoms with E-state index in [1.54, 1.807) is 6.42 Å². The zero-order valence-corrected chi connectivity index (χ0v) is 10.7. The standard InChI is InChI=1S/C15H28/c1-12-7-3-5-9-14(12)11-15-10-6-4-8-13(15)2/h12-15H,3-11H2,1-2H3. The largest absolute Gasteiger partial charge is 0.0622 e. The number of hydrogen-bond acceptors (Lipinski definition) is 0. The van der Waals surface area contributed by atoms with Gasteiger partial charge >= 0.3 is 0 Å². The van der Waals surface area contributed by atoms with Crippen molar-refractivity contribution in [2.75, 3.05) is 0 Å². The Morgan fingerprint density at radius 3 is 1.47 bits per heavy atom. The minimum atomic E-state index is 1.02.